The van der Waals surface area contributed by atoms with Crippen molar-refractivity contribution in [2.24, 2.45) is 0 Å². The number of pyridine rings is 2. The smallest absolute Gasteiger partial charge is 0.106 e. The third-order valence-electron chi connectivity index (χ3n) is 2.15. The molecule has 15 heavy (non-hydrogen) atoms. The van der Waals surface area contributed by atoms with Crippen molar-refractivity contribution in [3.63, 3.8) is 0 Å². The van der Waals surface area contributed by atoms with Crippen molar-refractivity contribution in [2.75, 3.05) is 0 Å². The van der Waals surface area contributed by atoms with Crippen molar-refractivity contribution in [2.45, 2.75) is 13.3 Å². The van der Waals surface area contributed by atoms with Crippen LogP contribution in [0.25, 0.3) is 11.4 Å². The van der Waals surface area contributed by atoms with Gasteiger partial charge < -0.3 is 0 Å². The van der Waals surface area contributed by atoms with Crippen molar-refractivity contribution < 1.29 is 0 Å². The molecule has 0 aromatic carbocycles. The molecule has 2 aromatic rings. The average molecular weight is 263 g/mol. The van der Waals surface area contributed by atoms with Crippen molar-refractivity contribution in [3.8, 4) is 11.4 Å². The Balaban J connectivity index is 2.44. The molecule has 0 spiro atoms. The lowest BCUT2D eigenvalue weighted by molar-refractivity contribution is 1.03. The Bertz CT molecular complexity index is 469. The summed E-state index contributed by atoms with van der Waals surface area (Å²) in [6, 6.07) is 11.9. The van der Waals surface area contributed by atoms with E-state index in [9.17, 15) is 0 Å². The van der Waals surface area contributed by atoms with Gasteiger partial charge in [-0.15, -0.1) is 0 Å². The van der Waals surface area contributed by atoms with Crippen LogP contribution < -0.4 is 0 Å². The molecule has 0 saturated carbocycles. The molecule has 0 bridgehead atoms. The lowest BCUT2D eigenvalue weighted by Crippen LogP contribution is -1.91. The lowest BCUT2D eigenvalue weighted by Gasteiger charge is -2.02. The quantitative estimate of drug-likeness (QED) is 0.775. The third kappa shape index (κ3) is 2.42. The van der Waals surface area contributed by atoms with Crippen LogP contribution in [0.2, 0.25) is 0 Å². The standard InChI is InChI=1S/C12H11BrN2/c1-2-9-5-3-6-10(14-9)11-7-4-8-12(13)15-11/h3-8H,2H2,1H3. The van der Waals surface area contributed by atoms with Gasteiger partial charge in [-0.2, -0.15) is 0 Å². The Morgan fingerprint density at radius 2 is 1.67 bits per heavy atom. The van der Waals surface area contributed by atoms with E-state index in [2.05, 4.69) is 32.8 Å². The molecule has 0 unspecified atom stereocenters. The zero-order chi connectivity index (χ0) is 10.7. The van der Waals surface area contributed by atoms with Crippen LogP contribution in [-0.2, 0) is 6.42 Å². The van der Waals surface area contributed by atoms with Crippen molar-refractivity contribution in [1.82, 2.24) is 9.97 Å². The summed E-state index contributed by atoms with van der Waals surface area (Å²) < 4.78 is 0.837. The van der Waals surface area contributed by atoms with Gasteiger partial charge in [0, 0.05) is 5.69 Å². The first-order chi connectivity index (χ1) is 7.29. The molecule has 0 radical (unpaired) electrons. The SMILES string of the molecule is CCc1cccc(-c2cccc(Br)n2)n1. The fraction of sp³-hybridized carbons (Fsp3) is 0.167. The van der Waals surface area contributed by atoms with Gasteiger partial charge in [0.15, 0.2) is 0 Å². The number of aromatic nitrogens is 2. The molecule has 0 aliphatic carbocycles. The van der Waals surface area contributed by atoms with E-state index in [1.54, 1.807) is 0 Å². The maximum atomic E-state index is 4.52. The Morgan fingerprint density at radius 1 is 1.00 bits per heavy atom. The fourth-order valence-electron chi connectivity index (χ4n) is 1.37. The number of nitrogens with zero attached hydrogens (tertiary/aromatic N) is 2. The molecule has 2 aromatic heterocycles. The van der Waals surface area contributed by atoms with Crippen LogP contribution in [0.1, 0.15) is 12.6 Å². The molecular weight excluding hydrogens is 252 g/mol. The van der Waals surface area contributed by atoms with Crippen molar-refractivity contribution >= 4 is 15.9 Å². The van der Waals surface area contributed by atoms with Gasteiger partial charge in [-0.3, -0.25) is 4.98 Å². The van der Waals surface area contributed by atoms with Crippen LogP contribution in [0.5, 0.6) is 0 Å². The highest BCUT2D eigenvalue weighted by molar-refractivity contribution is 9.10. The first kappa shape index (κ1) is 10.3. The maximum absolute atomic E-state index is 4.52. The van der Waals surface area contributed by atoms with Gasteiger partial charge >= 0.3 is 0 Å². The molecule has 2 rings (SSSR count). The molecule has 0 fully saturated rings. The molecule has 3 heteroatoms. The molecule has 0 aliphatic heterocycles. The highest BCUT2D eigenvalue weighted by Crippen LogP contribution is 2.17. The minimum absolute atomic E-state index is 0.837. The molecule has 0 N–H and O–H groups in total. The van der Waals surface area contributed by atoms with E-state index < -0.39 is 0 Å². The number of hydrogen-bond donors (Lipinski definition) is 0. The van der Waals surface area contributed by atoms with E-state index in [4.69, 9.17) is 0 Å². The summed E-state index contributed by atoms with van der Waals surface area (Å²) in [6.07, 6.45) is 0.946. The van der Waals surface area contributed by atoms with Crippen LogP contribution in [0.4, 0.5) is 0 Å². The summed E-state index contributed by atoms with van der Waals surface area (Å²) >= 11 is 3.36. The van der Waals surface area contributed by atoms with Gasteiger partial charge in [-0.25, -0.2) is 4.98 Å². The Labute approximate surface area is 97.5 Å². The van der Waals surface area contributed by atoms with E-state index in [-0.39, 0.29) is 0 Å². The second kappa shape index (κ2) is 4.53. The summed E-state index contributed by atoms with van der Waals surface area (Å²) in [4.78, 5) is 8.89. The second-order valence-electron chi connectivity index (χ2n) is 3.21. The van der Waals surface area contributed by atoms with Gasteiger partial charge in [0.1, 0.15) is 4.60 Å². The van der Waals surface area contributed by atoms with E-state index in [1.165, 1.54) is 0 Å². The Kier molecular flexibility index (Phi) is 3.11. The first-order valence-electron chi connectivity index (χ1n) is 4.88. The van der Waals surface area contributed by atoms with Crippen molar-refractivity contribution in [3.05, 3.63) is 46.7 Å². The molecule has 0 atom stereocenters. The second-order valence-corrected chi connectivity index (χ2v) is 4.03. The van der Waals surface area contributed by atoms with Crippen LogP contribution in [-0.4, -0.2) is 9.97 Å². The fourth-order valence-corrected chi connectivity index (χ4v) is 1.71. The van der Waals surface area contributed by atoms with Gasteiger partial charge in [0.2, 0.25) is 0 Å². The predicted octanol–water partition coefficient (Wildman–Crippen LogP) is 3.47. The largest absolute Gasteiger partial charge is 0.251 e. The Hall–Kier alpha value is -1.22. The van der Waals surface area contributed by atoms with Crippen LogP contribution in [0, 0.1) is 0 Å². The normalized spacial score (nSPS) is 10.3. The van der Waals surface area contributed by atoms with Crippen LogP contribution in [0.3, 0.4) is 0 Å². The number of rotatable bonds is 2. The van der Waals surface area contributed by atoms with E-state index in [0.717, 1.165) is 28.1 Å². The average Bonchev–Trinajstić information content (AvgIpc) is 2.29. The Morgan fingerprint density at radius 3 is 2.33 bits per heavy atom. The number of hydrogen-bond acceptors (Lipinski definition) is 2. The summed E-state index contributed by atoms with van der Waals surface area (Å²) in [5.74, 6) is 0. The highest BCUT2D eigenvalue weighted by atomic mass is 79.9. The van der Waals surface area contributed by atoms with Crippen LogP contribution >= 0.6 is 15.9 Å². The molecule has 0 amide bonds. The molecule has 0 aliphatic rings. The molecule has 0 saturated heterocycles. The topological polar surface area (TPSA) is 25.8 Å². The van der Waals surface area contributed by atoms with Gasteiger partial charge in [-0.05, 0) is 46.6 Å². The zero-order valence-corrected chi connectivity index (χ0v) is 10.0. The predicted molar refractivity (Wildman–Crippen MR) is 64.5 cm³/mol. The number of halogens is 1. The third-order valence-corrected chi connectivity index (χ3v) is 2.59. The maximum Gasteiger partial charge on any atom is 0.106 e. The van der Waals surface area contributed by atoms with E-state index in [1.807, 2.05) is 36.4 Å². The van der Waals surface area contributed by atoms with Gasteiger partial charge in [-0.1, -0.05) is 19.1 Å². The summed E-state index contributed by atoms with van der Waals surface area (Å²) in [7, 11) is 0. The molecular formula is C12H11BrN2. The number of aryl methyl sites for hydroxylation is 1. The highest BCUT2D eigenvalue weighted by Gasteiger charge is 2.01. The van der Waals surface area contributed by atoms with E-state index in [0.29, 0.717) is 0 Å². The monoisotopic (exact) mass is 262 g/mol. The zero-order valence-electron chi connectivity index (χ0n) is 8.44. The lowest BCUT2D eigenvalue weighted by atomic mass is 10.2. The van der Waals surface area contributed by atoms with Gasteiger partial charge in [0.25, 0.3) is 0 Å². The minimum atomic E-state index is 0.837. The summed E-state index contributed by atoms with van der Waals surface area (Å²) in [5.41, 5.74) is 2.92. The molecule has 76 valence electrons. The molecule has 2 heterocycles. The minimum Gasteiger partial charge on any atom is -0.251 e. The van der Waals surface area contributed by atoms with Crippen LogP contribution in [0.15, 0.2) is 41.0 Å². The molecule has 2 nitrogen and oxygen atoms in total. The summed E-state index contributed by atoms with van der Waals surface area (Å²) in [6.45, 7) is 2.10. The van der Waals surface area contributed by atoms with Crippen molar-refractivity contribution in [1.29, 1.82) is 0 Å². The van der Waals surface area contributed by atoms with E-state index >= 15 is 0 Å². The van der Waals surface area contributed by atoms with Gasteiger partial charge in [0.05, 0.1) is 11.4 Å². The summed E-state index contributed by atoms with van der Waals surface area (Å²) in [5, 5.41) is 0. The first-order valence-corrected chi connectivity index (χ1v) is 5.68.